The zero-order valence-corrected chi connectivity index (χ0v) is 17.2. The second-order valence-electron chi connectivity index (χ2n) is 7.14. The first-order valence-electron chi connectivity index (χ1n) is 9.72. The van der Waals surface area contributed by atoms with Gasteiger partial charge in [0.1, 0.15) is 10.8 Å². The van der Waals surface area contributed by atoms with Crippen molar-refractivity contribution < 1.29 is 9.31 Å². The molecule has 2 aromatic carbocycles. The molecule has 4 rings (SSSR count). The standard InChI is InChI=1S/C21H19ClFN5O3/c22-20-19(14-24-27(21(20)29)17-6-8-18(9-7-17)28(30)31)26-11-1-10-25(12-13-26)16-4-2-15(23)3-5-16/h2-9,14H,1,10-13H2. The van der Waals surface area contributed by atoms with Crippen LogP contribution in [0.15, 0.2) is 59.5 Å². The number of nitrogens with zero attached hydrogens (tertiary/aromatic N) is 5. The molecular weight excluding hydrogens is 425 g/mol. The molecule has 3 aromatic rings. The van der Waals surface area contributed by atoms with Crippen LogP contribution in [0.25, 0.3) is 5.69 Å². The van der Waals surface area contributed by atoms with Gasteiger partial charge in [0.15, 0.2) is 0 Å². The monoisotopic (exact) mass is 443 g/mol. The van der Waals surface area contributed by atoms with Gasteiger partial charge in [0.2, 0.25) is 0 Å². The lowest BCUT2D eigenvalue weighted by molar-refractivity contribution is -0.384. The number of hydrogen-bond acceptors (Lipinski definition) is 6. The predicted molar refractivity (Wildman–Crippen MR) is 117 cm³/mol. The van der Waals surface area contributed by atoms with Gasteiger partial charge in [-0.05, 0) is 42.8 Å². The molecule has 0 spiro atoms. The first-order chi connectivity index (χ1) is 14.9. The second-order valence-corrected chi connectivity index (χ2v) is 7.52. The first kappa shape index (κ1) is 20.8. The third kappa shape index (κ3) is 4.36. The Morgan fingerprint density at radius 1 is 0.935 bits per heavy atom. The summed E-state index contributed by atoms with van der Waals surface area (Å²) in [5, 5.41) is 15.1. The van der Waals surface area contributed by atoms with Crippen molar-refractivity contribution in [3.63, 3.8) is 0 Å². The van der Waals surface area contributed by atoms with Crippen LogP contribution in [0, 0.1) is 15.9 Å². The Kier molecular flexibility index (Phi) is 5.85. The number of nitro benzene ring substituents is 1. The molecule has 0 amide bonds. The third-order valence-corrected chi connectivity index (χ3v) is 5.59. The summed E-state index contributed by atoms with van der Waals surface area (Å²) in [7, 11) is 0. The minimum atomic E-state index is -0.509. The van der Waals surface area contributed by atoms with Gasteiger partial charge in [-0.25, -0.2) is 4.39 Å². The van der Waals surface area contributed by atoms with Crippen molar-refractivity contribution in [1.82, 2.24) is 9.78 Å². The van der Waals surface area contributed by atoms with Gasteiger partial charge in [-0.15, -0.1) is 0 Å². The molecule has 10 heteroatoms. The van der Waals surface area contributed by atoms with Crippen LogP contribution < -0.4 is 15.4 Å². The van der Waals surface area contributed by atoms with Crippen molar-refractivity contribution in [2.24, 2.45) is 0 Å². The van der Waals surface area contributed by atoms with Crippen molar-refractivity contribution in [3.8, 4) is 5.69 Å². The van der Waals surface area contributed by atoms with E-state index in [4.69, 9.17) is 11.6 Å². The second kappa shape index (κ2) is 8.73. The lowest BCUT2D eigenvalue weighted by Crippen LogP contribution is -2.32. The van der Waals surface area contributed by atoms with E-state index >= 15 is 0 Å². The lowest BCUT2D eigenvalue weighted by atomic mass is 10.2. The van der Waals surface area contributed by atoms with Crippen molar-refractivity contribution in [1.29, 1.82) is 0 Å². The molecule has 1 aliphatic rings. The molecule has 1 aliphatic heterocycles. The Morgan fingerprint density at radius 2 is 1.55 bits per heavy atom. The predicted octanol–water partition coefficient (Wildman–Crippen LogP) is 3.65. The molecule has 1 aromatic heterocycles. The van der Waals surface area contributed by atoms with Crippen molar-refractivity contribution in [2.75, 3.05) is 36.0 Å². The van der Waals surface area contributed by atoms with Gasteiger partial charge in [-0.3, -0.25) is 14.9 Å². The molecule has 1 saturated heterocycles. The largest absolute Gasteiger partial charge is 0.370 e. The van der Waals surface area contributed by atoms with Crippen LogP contribution in [0.5, 0.6) is 0 Å². The van der Waals surface area contributed by atoms with E-state index in [2.05, 4.69) is 10.00 Å². The molecule has 160 valence electrons. The SMILES string of the molecule is O=c1c(Cl)c(N2CCCN(c3ccc(F)cc3)CC2)cnn1-c1ccc([N+](=O)[O-])cc1. The summed E-state index contributed by atoms with van der Waals surface area (Å²) in [5.41, 5.74) is 1.32. The Bertz CT molecular complexity index is 1150. The topological polar surface area (TPSA) is 84.5 Å². The number of rotatable bonds is 4. The van der Waals surface area contributed by atoms with Gasteiger partial charge >= 0.3 is 0 Å². The number of halogens is 2. The molecule has 0 aliphatic carbocycles. The average molecular weight is 444 g/mol. The van der Waals surface area contributed by atoms with Crippen molar-refractivity contribution >= 4 is 28.7 Å². The summed E-state index contributed by atoms with van der Waals surface area (Å²) in [6.45, 7) is 2.81. The molecule has 1 fully saturated rings. The van der Waals surface area contributed by atoms with Crippen LogP contribution in [0.2, 0.25) is 5.02 Å². The Balaban J connectivity index is 1.55. The normalized spacial score (nSPS) is 14.4. The molecule has 2 heterocycles. The fraction of sp³-hybridized carbons (Fsp3) is 0.238. The van der Waals surface area contributed by atoms with Crippen LogP contribution in [-0.4, -0.2) is 40.9 Å². The Hall–Kier alpha value is -3.46. The number of nitro groups is 1. The first-order valence-corrected chi connectivity index (χ1v) is 10.1. The number of non-ortho nitro benzene ring substituents is 1. The number of benzene rings is 2. The molecule has 0 radical (unpaired) electrons. The van der Waals surface area contributed by atoms with E-state index < -0.39 is 10.5 Å². The lowest BCUT2D eigenvalue weighted by Gasteiger charge is -2.25. The van der Waals surface area contributed by atoms with Gasteiger partial charge in [0, 0.05) is 44.0 Å². The highest BCUT2D eigenvalue weighted by Crippen LogP contribution is 2.25. The van der Waals surface area contributed by atoms with E-state index in [-0.39, 0.29) is 16.5 Å². The van der Waals surface area contributed by atoms with Gasteiger partial charge in [0.25, 0.3) is 11.2 Å². The van der Waals surface area contributed by atoms with Crippen LogP contribution in [0.3, 0.4) is 0 Å². The molecule has 0 bridgehead atoms. The molecule has 0 N–H and O–H groups in total. The maximum atomic E-state index is 13.2. The van der Waals surface area contributed by atoms with Crippen LogP contribution in [0.4, 0.5) is 21.5 Å². The summed E-state index contributed by atoms with van der Waals surface area (Å²) in [5.74, 6) is -0.272. The quantitative estimate of drug-likeness (QED) is 0.452. The van der Waals surface area contributed by atoms with Gasteiger partial charge < -0.3 is 9.80 Å². The van der Waals surface area contributed by atoms with E-state index in [1.165, 1.54) is 36.4 Å². The summed E-state index contributed by atoms with van der Waals surface area (Å²) in [6, 6.07) is 11.9. The highest BCUT2D eigenvalue weighted by Gasteiger charge is 2.20. The maximum absolute atomic E-state index is 13.2. The number of hydrogen-bond donors (Lipinski definition) is 0. The summed E-state index contributed by atoms with van der Waals surface area (Å²) >= 11 is 6.41. The van der Waals surface area contributed by atoms with Crippen LogP contribution >= 0.6 is 11.6 Å². The summed E-state index contributed by atoms with van der Waals surface area (Å²) in [6.07, 6.45) is 2.37. The van der Waals surface area contributed by atoms with Crippen LogP contribution in [0.1, 0.15) is 6.42 Å². The smallest absolute Gasteiger partial charge is 0.292 e. The molecule has 0 unspecified atom stereocenters. The molecule has 0 atom stereocenters. The van der Waals surface area contributed by atoms with E-state index in [0.29, 0.717) is 31.0 Å². The van der Waals surface area contributed by atoms with Crippen molar-refractivity contribution in [2.45, 2.75) is 6.42 Å². The van der Waals surface area contributed by atoms with Gasteiger partial charge in [-0.1, -0.05) is 11.6 Å². The van der Waals surface area contributed by atoms with E-state index in [9.17, 15) is 19.3 Å². The zero-order chi connectivity index (χ0) is 22.0. The van der Waals surface area contributed by atoms with Crippen molar-refractivity contribution in [3.05, 3.63) is 86.0 Å². The highest BCUT2D eigenvalue weighted by atomic mass is 35.5. The van der Waals surface area contributed by atoms with E-state index in [1.54, 1.807) is 18.3 Å². The minimum absolute atomic E-state index is 0.0450. The van der Waals surface area contributed by atoms with Crippen LogP contribution in [-0.2, 0) is 0 Å². The number of anilines is 2. The average Bonchev–Trinajstić information content (AvgIpc) is 3.02. The zero-order valence-electron chi connectivity index (χ0n) is 16.4. The fourth-order valence-electron chi connectivity index (χ4n) is 3.61. The summed E-state index contributed by atoms with van der Waals surface area (Å²) in [4.78, 5) is 27.3. The third-order valence-electron chi connectivity index (χ3n) is 5.23. The van der Waals surface area contributed by atoms with E-state index in [0.717, 1.165) is 23.3 Å². The Labute approximate surface area is 182 Å². The molecule has 0 saturated carbocycles. The summed E-state index contributed by atoms with van der Waals surface area (Å²) < 4.78 is 14.3. The number of aromatic nitrogens is 2. The molecular formula is C21H19ClFN5O3. The maximum Gasteiger partial charge on any atom is 0.292 e. The highest BCUT2D eigenvalue weighted by molar-refractivity contribution is 6.33. The fourth-order valence-corrected chi connectivity index (χ4v) is 3.86. The molecule has 31 heavy (non-hydrogen) atoms. The minimum Gasteiger partial charge on any atom is -0.370 e. The van der Waals surface area contributed by atoms with Gasteiger partial charge in [0.05, 0.1) is 22.5 Å². The Morgan fingerprint density at radius 3 is 2.23 bits per heavy atom. The van der Waals surface area contributed by atoms with Gasteiger partial charge in [-0.2, -0.15) is 9.78 Å². The van der Waals surface area contributed by atoms with E-state index in [1.807, 2.05) is 4.90 Å². The molecule has 8 nitrogen and oxygen atoms in total.